The van der Waals surface area contributed by atoms with E-state index < -0.39 is 0 Å². The van der Waals surface area contributed by atoms with Gasteiger partial charge in [0.05, 0.1) is 5.92 Å². The van der Waals surface area contributed by atoms with Crippen LogP contribution in [0.2, 0.25) is 0 Å². The maximum Gasteiger partial charge on any atom is 0.229 e. The molecule has 1 atom stereocenters. The Morgan fingerprint density at radius 1 is 0.885 bits per heavy atom. The summed E-state index contributed by atoms with van der Waals surface area (Å²) in [4.78, 5) is 27.4. The predicted octanol–water partition coefficient (Wildman–Crippen LogP) is 3.36. The Morgan fingerprint density at radius 3 is 2.35 bits per heavy atom. The summed E-state index contributed by atoms with van der Waals surface area (Å²) >= 11 is 0. The monoisotopic (exact) mass is 349 g/mol. The fraction of sp³-hybridized carbons (Fsp3) is 0.364. The highest BCUT2D eigenvalue weighted by molar-refractivity contribution is 5.98. The molecule has 26 heavy (non-hydrogen) atoms. The number of ketones is 1. The van der Waals surface area contributed by atoms with Crippen molar-refractivity contribution in [1.29, 1.82) is 0 Å². The minimum atomic E-state index is -0.119. The second-order valence-electron chi connectivity index (χ2n) is 7.15. The average Bonchev–Trinajstić information content (AvgIpc) is 2.73. The number of piperidine rings is 1. The molecule has 4 nitrogen and oxygen atoms in total. The summed E-state index contributed by atoms with van der Waals surface area (Å²) < 4.78 is 5.76. The van der Waals surface area contributed by atoms with Crippen molar-refractivity contribution in [3.63, 3.8) is 0 Å². The molecule has 0 aliphatic carbocycles. The highest BCUT2D eigenvalue weighted by atomic mass is 16.5. The smallest absolute Gasteiger partial charge is 0.229 e. The molecule has 2 aromatic carbocycles. The molecule has 2 aliphatic rings. The molecule has 1 saturated heterocycles. The zero-order chi connectivity index (χ0) is 17.9. The molecule has 4 rings (SSSR count). The Morgan fingerprint density at radius 2 is 1.58 bits per heavy atom. The van der Waals surface area contributed by atoms with Crippen molar-refractivity contribution in [2.75, 3.05) is 19.7 Å². The fourth-order valence-corrected chi connectivity index (χ4v) is 3.95. The van der Waals surface area contributed by atoms with Crippen molar-refractivity contribution in [3.8, 4) is 5.75 Å². The number of hydrogen-bond donors (Lipinski definition) is 0. The van der Waals surface area contributed by atoms with Gasteiger partial charge in [-0.15, -0.1) is 0 Å². The number of carbonyl (C=O) groups excluding carboxylic acids is 2. The molecule has 2 aromatic rings. The summed E-state index contributed by atoms with van der Waals surface area (Å²) in [5.74, 6) is 1.15. The van der Waals surface area contributed by atoms with Crippen LogP contribution in [0.3, 0.4) is 0 Å². The number of Topliss-reactive ketones (excluding diaryl/α,β-unsaturated/α-hetero) is 1. The average molecular weight is 349 g/mol. The first-order valence-corrected chi connectivity index (χ1v) is 9.31. The van der Waals surface area contributed by atoms with E-state index in [0.29, 0.717) is 19.7 Å². The lowest BCUT2D eigenvalue weighted by atomic mass is 9.88. The van der Waals surface area contributed by atoms with Gasteiger partial charge in [0.2, 0.25) is 5.91 Å². The van der Waals surface area contributed by atoms with Crippen LogP contribution in [0.1, 0.15) is 28.8 Å². The summed E-state index contributed by atoms with van der Waals surface area (Å²) in [6.45, 7) is 1.75. The quantitative estimate of drug-likeness (QED) is 0.798. The van der Waals surface area contributed by atoms with Crippen molar-refractivity contribution in [3.05, 3.63) is 65.7 Å². The second kappa shape index (κ2) is 7.32. The topological polar surface area (TPSA) is 46.6 Å². The van der Waals surface area contributed by atoms with Gasteiger partial charge in [0.1, 0.15) is 12.4 Å². The number of amides is 1. The molecule has 134 valence electrons. The number of nitrogens with zero attached hydrogens (tertiary/aromatic N) is 1. The Hall–Kier alpha value is -2.62. The van der Waals surface area contributed by atoms with E-state index in [9.17, 15) is 9.59 Å². The number of para-hydroxylation sites is 1. The normalized spacial score (nSPS) is 20.2. The van der Waals surface area contributed by atoms with Gasteiger partial charge in [-0.25, -0.2) is 0 Å². The van der Waals surface area contributed by atoms with E-state index in [0.717, 1.165) is 36.1 Å². The number of hydrogen-bond acceptors (Lipinski definition) is 3. The number of carbonyl (C=O) groups is 2. The highest BCUT2D eigenvalue weighted by Gasteiger charge is 2.33. The Balaban J connectivity index is 1.35. The first-order chi connectivity index (χ1) is 12.7. The fourth-order valence-electron chi connectivity index (χ4n) is 3.95. The minimum absolute atomic E-state index is 0.0183. The van der Waals surface area contributed by atoms with Crippen LogP contribution in [0.4, 0.5) is 0 Å². The van der Waals surface area contributed by atoms with Gasteiger partial charge in [0, 0.05) is 24.6 Å². The summed E-state index contributed by atoms with van der Waals surface area (Å²) in [5, 5.41) is 0. The molecular formula is C22H23NO3. The zero-order valence-electron chi connectivity index (χ0n) is 14.8. The number of likely N-dealkylation sites (tertiary alicyclic amines) is 1. The maximum absolute atomic E-state index is 12.9. The molecule has 2 heterocycles. The lowest BCUT2D eigenvalue weighted by Crippen LogP contribution is -2.45. The van der Waals surface area contributed by atoms with Crippen LogP contribution >= 0.6 is 0 Å². The van der Waals surface area contributed by atoms with E-state index >= 15 is 0 Å². The number of rotatable bonds is 3. The molecule has 0 N–H and O–H groups in total. The van der Waals surface area contributed by atoms with E-state index in [2.05, 4.69) is 0 Å². The summed E-state index contributed by atoms with van der Waals surface area (Å²) in [7, 11) is 0. The molecule has 4 heteroatoms. The van der Waals surface area contributed by atoms with Crippen LogP contribution in [0.15, 0.2) is 54.6 Å². The van der Waals surface area contributed by atoms with Crippen LogP contribution in [0.25, 0.3) is 0 Å². The predicted molar refractivity (Wildman–Crippen MR) is 99.2 cm³/mol. The molecule has 2 aliphatic heterocycles. The van der Waals surface area contributed by atoms with Crippen molar-refractivity contribution in [2.24, 2.45) is 11.8 Å². The van der Waals surface area contributed by atoms with E-state index in [-0.39, 0.29) is 23.5 Å². The van der Waals surface area contributed by atoms with Gasteiger partial charge < -0.3 is 9.64 Å². The van der Waals surface area contributed by atoms with Gasteiger partial charge in [0.15, 0.2) is 5.78 Å². The van der Waals surface area contributed by atoms with Gasteiger partial charge >= 0.3 is 0 Å². The van der Waals surface area contributed by atoms with Crippen molar-refractivity contribution in [2.45, 2.75) is 19.3 Å². The lowest BCUT2D eigenvalue weighted by molar-refractivity contribution is -0.138. The van der Waals surface area contributed by atoms with Crippen LogP contribution < -0.4 is 4.74 Å². The van der Waals surface area contributed by atoms with E-state index in [1.807, 2.05) is 59.5 Å². The van der Waals surface area contributed by atoms with E-state index in [1.54, 1.807) is 0 Å². The number of ether oxygens (including phenoxy) is 1. The Bertz CT molecular complexity index is 794. The molecule has 0 saturated carbocycles. The summed E-state index contributed by atoms with van der Waals surface area (Å²) in [6.07, 6.45) is 2.21. The van der Waals surface area contributed by atoms with Gasteiger partial charge in [-0.1, -0.05) is 48.5 Å². The van der Waals surface area contributed by atoms with Crippen LogP contribution in [0, 0.1) is 11.8 Å². The molecule has 0 spiro atoms. The third-order valence-corrected chi connectivity index (χ3v) is 5.46. The highest BCUT2D eigenvalue weighted by Crippen LogP contribution is 2.29. The van der Waals surface area contributed by atoms with Gasteiger partial charge in [0.25, 0.3) is 0 Å². The van der Waals surface area contributed by atoms with Crippen molar-refractivity contribution < 1.29 is 14.3 Å². The molecule has 0 aromatic heterocycles. The maximum atomic E-state index is 12.9. The van der Waals surface area contributed by atoms with E-state index in [1.165, 1.54) is 0 Å². The third kappa shape index (κ3) is 3.36. The SMILES string of the molecule is O=C(c1ccccc1)C1CCN(C(=O)C2COc3ccccc3C2)CC1. The van der Waals surface area contributed by atoms with Crippen LogP contribution in [0.5, 0.6) is 5.75 Å². The Labute approximate surface area is 153 Å². The van der Waals surface area contributed by atoms with Gasteiger partial charge in [-0.3, -0.25) is 9.59 Å². The van der Waals surface area contributed by atoms with Gasteiger partial charge in [-0.05, 0) is 30.9 Å². The molecule has 0 radical (unpaired) electrons. The number of benzene rings is 2. The number of fused-ring (bicyclic) bond motifs is 1. The van der Waals surface area contributed by atoms with Crippen molar-refractivity contribution in [1.82, 2.24) is 4.90 Å². The standard InChI is InChI=1S/C22H23NO3/c24-21(16-6-2-1-3-7-16)17-10-12-23(13-11-17)22(25)19-14-18-8-4-5-9-20(18)26-15-19/h1-9,17,19H,10-15H2. The molecule has 1 unspecified atom stereocenters. The molecular weight excluding hydrogens is 326 g/mol. The molecule has 0 bridgehead atoms. The zero-order valence-corrected chi connectivity index (χ0v) is 14.8. The summed E-state index contributed by atoms with van der Waals surface area (Å²) in [6, 6.07) is 17.4. The minimum Gasteiger partial charge on any atom is -0.492 e. The lowest BCUT2D eigenvalue weighted by Gasteiger charge is -2.35. The van der Waals surface area contributed by atoms with E-state index in [4.69, 9.17) is 4.74 Å². The second-order valence-corrected chi connectivity index (χ2v) is 7.15. The largest absolute Gasteiger partial charge is 0.492 e. The molecule has 1 fully saturated rings. The first-order valence-electron chi connectivity index (χ1n) is 9.31. The Kier molecular flexibility index (Phi) is 4.74. The molecule has 1 amide bonds. The third-order valence-electron chi connectivity index (χ3n) is 5.46. The van der Waals surface area contributed by atoms with Gasteiger partial charge in [-0.2, -0.15) is 0 Å². The van der Waals surface area contributed by atoms with Crippen LogP contribution in [-0.4, -0.2) is 36.3 Å². The van der Waals surface area contributed by atoms with Crippen molar-refractivity contribution >= 4 is 11.7 Å². The first kappa shape index (κ1) is 16.8. The van der Waals surface area contributed by atoms with Crippen LogP contribution in [-0.2, 0) is 11.2 Å². The summed E-state index contributed by atoms with van der Waals surface area (Å²) in [5.41, 5.74) is 1.88.